The number of carbonyl (C=O) groups excluding carboxylic acids is 1. The van der Waals surface area contributed by atoms with Gasteiger partial charge in [0.2, 0.25) is 0 Å². The van der Waals surface area contributed by atoms with Crippen LogP contribution >= 0.6 is 0 Å². The van der Waals surface area contributed by atoms with Crippen molar-refractivity contribution in [3.05, 3.63) is 62.1 Å². The molecule has 2 heterocycles. The first-order chi connectivity index (χ1) is 20.0. The topological polar surface area (TPSA) is 83.7 Å². The summed E-state index contributed by atoms with van der Waals surface area (Å²) in [6.07, 6.45) is 4.81. The molecule has 1 atom stereocenters. The normalized spacial score (nSPS) is 20.6. The number of pyridine rings is 1. The van der Waals surface area contributed by atoms with E-state index in [4.69, 9.17) is 0 Å². The maximum atomic E-state index is 13.6. The van der Waals surface area contributed by atoms with Crippen molar-refractivity contribution in [2.45, 2.75) is 72.0 Å². The lowest BCUT2D eigenvalue weighted by molar-refractivity contribution is 0.0950. The molecule has 2 fully saturated rings. The molecule has 1 aliphatic heterocycles. The summed E-state index contributed by atoms with van der Waals surface area (Å²) >= 11 is 0. The van der Waals surface area contributed by atoms with Crippen molar-refractivity contribution in [1.29, 1.82) is 0 Å². The molecule has 1 aromatic heterocycles. The molecule has 42 heavy (non-hydrogen) atoms. The lowest BCUT2D eigenvalue weighted by Crippen LogP contribution is -2.44. The summed E-state index contributed by atoms with van der Waals surface area (Å²) in [5.41, 5.74) is 5.38. The zero-order chi connectivity index (χ0) is 30.4. The molecule has 0 bridgehead atoms. The number of rotatable bonds is 8. The van der Waals surface area contributed by atoms with E-state index in [0.717, 1.165) is 54.3 Å². The van der Waals surface area contributed by atoms with Gasteiger partial charge in [0, 0.05) is 72.9 Å². The van der Waals surface area contributed by atoms with E-state index in [-0.39, 0.29) is 24.1 Å². The quantitative estimate of drug-likeness (QED) is 0.417. The second kappa shape index (κ2) is 14.4. The first kappa shape index (κ1) is 31.8. The van der Waals surface area contributed by atoms with Crippen LogP contribution in [0.25, 0.3) is 0 Å². The lowest BCUT2D eigenvalue weighted by atomic mass is 9.81. The van der Waals surface area contributed by atoms with Gasteiger partial charge in [0.05, 0.1) is 6.54 Å². The van der Waals surface area contributed by atoms with Crippen LogP contribution < -0.4 is 16.2 Å². The molecule has 3 N–H and O–H groups in total. The monoisotopic (exact) mass is 574 g/mol. The fraction of sp³-hybridized carbons (Fsp3) is 0.588. The molecular weight excluding hydrogens is 524 g/mol. The number of anilines is 1. The molecule has 1 amide bonds. The number of hydrogen-bond donors (Lipinski definition) is 3. The molecule has 4 rings (SSSR count). The molecule has 1 saturated heterocycles. The average Bonchev–Trinajstić information content (AvgIpc) is 2.95. The zero-order valence-electron chi connectivity index (χ0n) is 26.7. The molecule has 1 aromatic carbocycles. The summed E-state index contributed by atoms with van der Waals surface area (Å²) < 4.78 is 0. The largest absolute Gasteiger partial charge is 0.382 e. The number of nitrogens with zero attached hydrogens (tertiary/aromatic N) is 3. The Morgan fingerprint density at radius 2 is 1.76 bits per heavy atom. The zero-order valence-corrected chi connectivity index (χ0v) is 26.7. The minimum Gasteiger partial charge on any atom is -0.382 e. The standard InChI is InChI=1S/C34H50N6O2/c1-23-19-24(2)36-34(42)31(23)22-35-33(41)30-20-27(9-8-14-40-17-15-39(7)16-18-40)21-32(25(30)3)37-26(4)28-10-12-29(13-11-28)38(5)6/h19-21,26,28-29,37H,10-18,22H2,1-7H3,(H,35,41)(H,36,42)/t26?,28-,29-. The average molecular weight is 575 g/mol. The van der Waals surface area contributed by atoms with E-state index in [0.29, 0.717) is 29.6 Å². The fourth-order valence-corrected chi connectivity index (χ4v) is 6.28. The Morgan fingerprint density at radius 1 is 1.07 bits per heavy atom. The van der Waals surface area contributed by atoms with E-state index < -0.39 is 0 Å². The molecule has 1 aliphatic carbocycles. The van der Waals surface area contributed by atoms with E-state index in [1.165, 1.54) is 25.7 Å². The number of aromatic amines is 1. The van der Waals surface area contributed by atoms with Gasteiger partial charge >= 0.3 is 0 Å². The van der Waals surface area contributed by atoms with E-state index in [1.54, 1.807) is 0 Å². The molecule has 1 unspecified atom stereocenters. The van der Waals surface area contributed by atoms with Gasteiger partial charge < -0.3 is 25.4 Å². The smallest absolute Gasteiger partial charge is 0.253 e. The molecule has 8 nitrogen and oxygen atoms in total. The number of piperazine rings is 1. The maximum absolute atomic E-state index is 13.6. The third-order valence-corrected chi connectivity index (χ3v) is 9.27. The molecule has 0 radical (unpaired) electrons. The number of likely N-dealkylation sites (N-methyl/N-ethyl adjacent to an activating group) is 1. The Morgan fingerprint density at radius 3 is 2.40 bits per heavy atom. The summed E-state index contributed by atoms with van der Waals surface area (Å²) in [6.45, 7) is 13.1. The Hall–Kier alpha value is -3.12. The van der Waals surface area contributed by atoms with Crippen LogP contribution in [0.5, 0.6) is 0 Å². The Kier molecular flexibility index (Phi) is 10.9. The predicted molar refractivity (Wildman–Crippen MR) is 172 cm³/mol. The highest BCUT2D eigenvalue weighted by atomic mass is 16.1. The van der Waals surface area contributed by atoms with Crippen LogP contribution in [-0.2, 0) is 6.54 Å². The summed E-state index contributed by atoms with van der Waals surface area (Å²) in [4.78, 5) is 36.0. The minimum absolute atomic E-state index is 0.159. The third kappa shape index (κ3) is 8.25. The van der Waals surface area contributed by atoms with Crippen molar-refractivity contribution in [3.8, 4) is 11.8 Å². The van der Waals surface area contributed by atoms with Crippen molar-refractivity contribution in [3.63, 3.8) is 0 Å². The van der Waals surface area contributed by atoms with Gasteiger partial charge in [-0.25, -0.2) is 0 Å². The Bertz CT molecular complexity index is 1350. The van der Waals surface area contributed by atoms with E-state index in [2.05, 4.69) is 76.3 Å². The summed E-state index contributed by atoms with van der Waals surface area (Å²) in [5, 5.41) is 6.77. The minimum atomic E-state index is -0.197. The SMILES string of the molecule is Cc1cc(C)c(CNC(=O)c2cc(C#CCN3CCN(C)CC3)cc(NC(C)[C@H]3CC[C@H](N(C)C)CC3)c2C)c(=O)[nH]1. The van der Waals surface area contributed by atoms with E-state index in [1.807, 2.05) is 32.9 Å². The Balaban J connectivity index is 1.54. The molecule has 1 saturated carbocycles. The molecule has 2 aromatic rings. The number of nitrogens with one attached hydrogen (secondary N) is 3. The first-order valence-corrected chi connectivity index (χ1v) is 15.5. The Labute approximate surface area is 252 Å². The molecule has 0 spiro atoms. The van der Waals surface area contributed by atoms with E-state index >= 15 is 0 Å². The van der Waals surface area contributed by atoms with Crippen LogP contribution in [0.2, 0.25) is 0 Å². The molecule has 228 valence electrons. The first-order valence-electron chi connectivity index (χ1n) is 15.5. The van der Waals surface area contributed by atoms with Crippen molar-refractivity contribution >= 4 is 11.6 Å². The highest BCUT2D eigenvalue weighted by Gasteiger charge is 2.27. The predicted octanol–water partition coefficient (Wildman–Crippen LogP) is 3.75. The molecular formula is C34H50N6O2. The van der Waals surface area contributed by atoms with Crippen molar-refractivity contribution in [2.75, 3.05) is 59.2 Å². The van der Waals surface area contributed by atoms with Crippen LogP contribution in [0.4, 0.5) is 5.69 Å². The third-order valence-electron chi connectivity index (χ3n) is 9.27. The number of aryl methyl sites for hydroxylation is 2. The molecule has 2 aliphatic rings. The van der Waals surface area contributed by atoms with Crippen LogP contribution in [0.15, 0.2) is 23.0 Å². The van der Waals surface area contributed by atoms with Crippen molar-refractivity contribution < 1.29 is 4.79 Å². The van der Waals surface area contributed by atoms with Crippen molar-refractivity contribution in [1.82, 2.24) is 25.0 Å². The van der Waals surface area contributed by atoms with Gasteiger partial charge in [0.1, 0.15) is 0 Å². The van der Waals surface area contributed by atoms with Gasteiger partial charge in [-0.2, -0.15) is 0 Å². The second-order valence-corrected chi connectivity index (χ2v) is 12.7. The van der Waals surface area contributed by atoms with E-state index in [9.17, 15) is 9.59 Å². The summed E-state index contributed by atoms with van der Waals surface area (Å²) in [7, 11) is 6.51. The second-order valence-electron chi connectivity index (χ2n) is 12.7. The van der Waals surface area contributed by atoms with Gasteiger partial charge in [-0.1, -0.05) is 11.8 Å². The van der Waals surface area contributed by atoms with Gasteiger partial charge in [-0.05, 0) is 110 Å². The molecule has 8 heteroatoms. The van der Waals surface area contributed by atoms with Gasteiger partial charge in [0.15, 0.2) is 0 Å². The number of hydrogen-bond acceptors (Lipinski definition) is 6. The number of carbonyl (C=O) groups is 1. The maximum Gasteiger partial charge on any atom is 0.253 e. The lowest BCUT2D eigenvalue weighted by Gasteiger charge is -2.36. The van der Waals surface area contributed by atoms with Gasteiger partial charge in [-0.15, -0.1) is 0 Å². The number of benzene rings is 1. The highest BCUT2D eigenvalue weighted by molar-refractivity contribution is 5.97. The van der Waals surface area contributed by atoms with Crippen molar-refractivity contribution in [2.24, 2.45) is 5.92 Å². The number of amides is 1. The van der Waals surface area contributed by atoms with Crippen LogP contribution in [0, 0.1) is 38.5 Å². The van der Waals surface area contributed by atoms with Gasteiger partial charge in [0.25, 0.3) is 11.5 Å². The van der Waals surface area contributed by atoms with Crippen LogP contribution in [0.1, 0.15) is 70.9 Å². The fourth-order valence-electron chi connectivity index (χ4n) is 6.28. The van der Waals surface area contributed by atoms with Crippen LogP contribution in [0.3, 0.4) is 0 Å². The number of aromatic nitrogens is 1. The summed E-state index contributed by atoms with van der Waals surface area (Å²) in [6, 6.07) is 6.87. The van der Waals surface area contributed by atoms with Gasteiger partial charge in [-0.3, -0.25) is 14.5 Å². The highest BCUT2D eigenvalue weighted by Crippen LogP contribution is 2.31. The summed E-state index contributed by atoms with van der Waals surface area (Å²) in [5.74, 6) is 7.09. The number of H-pyrrole nitrogens is 1. The van der Waals surface area contributed by atoms with Crippen LogP contribution in [-0.4, -0.2) is 91.5 Å².